The molecule has 27 heavy (non-hydrogen) atoms. The number of ether oxygens (including phenoxy) is 1. The normalized spacial score (nSPS) is 10.3. The number of nitrogens with zero attached hydrogens (tertiary/aromatic N) is 1. The fraction of sp³-hybridized carbons (Fsp3) is 0.182. The Morgan fingerprint density at radius 2 is 1.70 bits per heavy atom. The van der Waals surface area contributed by atoms with Gasteiger partial charge in [-0.2, -0.15) is 0 Å². The third-order valence-corrected chi connectivity index (χ3v) is 4.20. The Kier molecular flexibility index (Phi) is 6.05. The van der Waals surface area contributed by atoms with E-state index >= 15 is 0 Å². The molecule has 0 spiro atoms. The van der Waals surface area contributed by atoms with Gasteiger partial charge in [-0.25, -0.2) is 9.78 Å². The molecule has 0 saturated carbocycles. The molecule has 2 aromatic carbocycles. The number of rotatable bonds is 6. The lowest BCUT2D eigenvalue weighted by Crippen LogP contribution is -2.28. The van der Waals surface area contributed by atoms with Gasteiger partial charge >= 0.3 is 6.03 Å². The van der Waals surface area contributed by atoms with Gasteiger partial charge < -0.3 is 15.4 Å². The molecule has 0 atom stereocenters. The minimum absolute atomic E-state index is 0.240. The number of amides is 2. The van der Waals surface area contributed by atoms with Gasteiger partial charge in [0.25, 0.3) is 0 Å². The number of pyridine rings is 1. The summed E-state index contributed by atoms with van der Waals surface area (Å²) in [6.07, 6.45) is 1.68. The molecule has 5 nitrogen and oxygen atoms in total. The number of benzene rings is 2. The van der Waals surface area contributed by atoms with Crippen LogP contribution >= 0.6 is 0 Å². The van der Waals surface area contributed by atoms with E-state index in [2.05, 4.69) is 15.6 Å². The highest BCUT2D eigenvalue weighted by Gasteiger charge is 2.07. The first-order valence-corrected chi connectivity index (χ1v) is 8.84. The van der Waals surface area contributed by atoms with Gasteiger partial charge in [-0.15, -0.1) is 0 Å². The molecule has 138 valence electrons. The molecule has 5 heteroatoms. The van der Waals surface area contributed by atoms with E-state index in [-0.39, 0.29) is 6.03 Å². The Morgan fingerprint density at radius 1 is 0.963 bits per heavy atom. The molecule has 0 saturated heterocycles. The molecule has 0 fully saturated rings. The van der Waals surface area contributed by atoms with Gasteiger partial charge in [0.1, 0.15) is 6.61 Å². The number of hydrogen-bond acceptors (Lipinski definition) is 3. The Bertz CT molecular complexity index is 890. The topological polar surface area (TPSA) is 63.2 Å². The number of carbonyl (C=O) groups is 1. The fourth-order valence-corrected chi connectivity index (χ4v) is 2.72. The van der Waals surface area contributed by atoms with E-state index in [1.807, 2.05) is 74.5 Å². The minimum Gasteiger partial charge on any atom is -0.473 e. The number of carbonyl (C=O) groups excluding carboxylic acids is 1. The SMILES string of the molecule is Cc1cccc(C)c1NC(=O)NCc1ccnc(OCc2ccccc2)c1. The molecule has 0 aliphatic rings. The molecule has 3 rings (SSSR count). The van der Waals surface area contributed by atoms with Gasteiger partial charge in [0, 0.05) is 24.5 Å². The highest BCUT2D eigenvalue weighted by Crippen LogP contribution is 2.19. The van der Waals surface area contributed by atoms with E-state index in [1.165, 1.54) is 0 Å². The van der Waals surface area contributed by atoms with Crippen LogP contribution < -0.4 is 15.4 Å². The molecule has 0 aliphatic carbocycles. The lowest BCUT2D eigenvalue weighted by atomic mass is 10.1. The van der Waals surface area contributed by atoms with E-state index in [9.17, 15) is 4.79 Å². The van der Waals surface area contributed by atoms with Gasteiger partial charge in [-0.05, 0) is 42.2 Å². The summed E-state index contributed by atoms with van der Waals surface area (Å²) in [6, 6.07) is 19.3. The first-order chi connectivity index (χ1) is 13.1. The standard InChI is InChI=1S/C22H23N3O2/c1-16-7-6-8-17(2)21(16)25-22(26)24-14-19-11-12-23-20(13-19)27-15-18-9-4-3-5-10-18/h3-13H,14-15H2,1-2H3,(H2,24,25,26). The number of aryl methyl sites for hydroxylation is 2. The quantitative estimate of drug-likeness (QED) is 0.674. The van der Waals surface area contributed by atoms with Crippen molar-refractivity contribution >= 4 is 11.7 Å². The van der Waals surface area contributed by atoms with Crippen LogP contribution in [-0.4, -0.2) is 11.0 Å². The van der Waals surface area contributed by atoms with Crippen molar-refractivity contribution in [1.29, 1.82) is 0 Å². The Hall–Kier alpha value is -3.34. The largest absolute Gasteiger partial charge is 0.473 e. The maximum Gasteiger partial charge on any atom is 0.319 e. The van der Waals surface area contributed by atoms with Crippen LogP contribution in [0.5, 0.6) is 5.88 Å². The maximum atomic E-state index is 12.2. The number of para-hydroxylation sites is 1. The number of urea groups is 1. The van der Waals surface area contributed by atoms with Crippen molar-refractivity contribution in [1.82, 2.24) is 10.3 Å². The van der Waals surface area contributed by atoms with Crippen LogP contribution in [0.15, 0.2) is 66.9 Å². The smallest absolute Gasteiger partial charge is 0.319 e. The van der Waals surface area contributed by atoms with Crippen molar-refractivity contribution in [2.75, 3.05) is 5.32 Å². The van der Waals surface area contributed by atoms with E-state index in [1.54, 1.807) is 6.20 Å². The molecule has 3 aromatic rings. The minimum atomic E-state index is -0.240. The highest BCUT2D eigenvalue weighted by molar-refractivity contribution is 5.90. The van der Waals surface area contributed by atoms with E-state index in [0.29, 0.717) is 19.0 Å². The summed E-state index contributed by atoms with van der Waals surface area (Å²) in [4.78, 5) is 16.4. The van der Waals surface area contributed by atoms with E-state index < -0.39 is 0 Å². The van der Waals surface area contributed by atoms with Crippen LogP contribution in [-0.2, 0) is 13.2 Å². The van der Waals surface area contributed by atoms with Crippen molar-refractivity contribution in [3.8, 4) is 5.88 Å². The first-order valence-electron chi connectivity index (χ1n) is 8.84. The Balaban J connectivity index is 1.54. The van der Waals surface area contributed by atoms with Crippen molar-refractivity contribution in [3.05, 3.63) is 89.1 Å². The van der Waals surface area contributed by atoms with Crippen LogP contribution in [0.4, 0.5) is 10.5 Å². The predicted octanol–water partition coefficient (Wildman–Crippen LogP) is 4.60. The van der Waals surface area contributed by atoms with Crippen molar-refractivity contribution < 1.29 is 9.53 Å². The van der Waals surface area contributed by atoms with Crippen LogP contribution in [0.1, 0.15) is 22.3 Å². The second-order valence-corrected chi connectivity index (χ2v) is 6.35. The highest BCUT2D eigenvalue weighted by atomic mass is 16.5. The van der Waals surface area contributed by atoms with E-state index in [4.69, 9.17) is 4.74 Å². The summed E-state index contributed by atoms with van der Waals surface area (Å²) < 4.78 is 5.73. The fourth-order valence-electron chi connectivity index (χ4n) is 2.72. The zero-order chi connectivity index (χ0) is 19.1. The van der Waals surface area contributed by atoms with E-state index in [0.717, 1.165) is 27.9 Å². The molecule has 2 amide bonds. The van der Waals surface area contributed by atoms with Crippen LogP contribution in [0.25, 0.3) is 0 Å². The molecule has 2 N–H and O–H groups in total. The summed E-state index contributed by atoms with van der Waals surface area (Å²) in [7, 11) is 0. The average Bonchev–Trinajstić information content (AvgIpc) is 2.69. The first kappa shape index (κ1) is 18.5. The van der Waals surface area contributed by atoms with Crippen molar-refractivity contribution in [2.24, 2.45) is 0 Å². The summed E-state index contributed by atoms with van der Waals surface area (Å²) >= 11 is 0. The molecule has 0 unspecified atom stereocenters. The lowest BCUT2D eigenvalue weighted by molar-refractivity contribution is 0.251. The van der Waals surface area contributed by atoms with Gasteiger partial charge in [0.2, 0.25) is 5.88 Å². The van der Waals surface area contributed by atoms with Crippen LogP contribution in [0.2, 0.25) is 0 Å². The molecule has 0 radical (unpaired) electrons. The van der Waals surface area contributed by atoms with Gasteiger partial charge in [0.15, 0.2) is 0 Å². The summed E-state index contributed by atoms with van der Waals surface area (Å²) in [5, 5.41) is 5.78. The summed E-state index contributed by atoms with van der Waals surface area (Å²) in [5.41, 5.74) is 4.91. The van der Waals surface area contributed by atoms with Crippen LogP contribution in [0.3, 0.4) is 0 Å². The number of hydrogen-bond donors (Lipinski definition) is 2. The number of aromatic nitrogens is 1. The lowest BCUT2D eigenvalue weighted by Gasteiger charge is -2.13. The number of anilines is 1. The zero-order valence-electron chi connectivity index (χ0n) is 15.5. The third-order valence-electron chi connectivity index (χ3n) is 4.20. The number of nitrogens with one attached hydrogen (secondary N) is 2. The van der Waals surface area contributed by atoms with Crippen LogP contribution in [0, 0.1) is 13.8 Å². The second-order valence-electron chi connectivity index (χ2n) is 6.35. The monoisotopic (exact) mass is 361 g/mol. The Labute approximate surface area is 159 Å². The Morgan fingerprint density at radius 3 is 2.44 bits per heavy atom. The molecular formula is C22H23N3O2. The van der Waals surface area contributed by atoms with Gasteiger partial charge in [-0.3, -0.25) is 0 Å². The van der Waals surface area contributed by atoms with Gasteiger partial charge in [-0.1, -0.05) is 48.5 Å². The van der Waals surface area contributed by atoms with Crippen molar-refractivity contribution in [2.45, 2.75) is 27.0 Å². The molecular weight excluding hydrogens is 338 g/mol. The molecule has 0 bridgehead atoms. The van der Waals surface area contributed by atoms with Crippen molar-refractivity contribution in [3.63, 3.8) is 0 Å². The predicted molar refractivity (Wildman–Crippen MR) is 107 cm³/mol. The average molecular weight is 361 g/mol. The van der Waals surface area contributed by atoms with Gasteiger partial charge in [0.05, 0.1) is 0 Å². The molecule has 1 aromatic heterocycles. The maximum absolute atomic E-state index is 12.2. The molecule has 1 heterocycles. The summed E-state index contributed by atoms with van der Waals surface area (Å²) in [5.74, 6) is 0.535. The molecule has 0 aliphatic heterocycles. The zero-order valence-corrected chi connectivity index (χ0v) is 15.5. The second kappa shape index (κ2) is 8.85. The third kappa shape index (κ3) is 5.31. The summed E-state index contributed by atoms with van der Waals surface area (Å²) in [6.45, 7) is 4.79.